The molecule has 0 amide bonds. The van der Waals surface area contributed by atoms with Gasteiger partial charge in [0.2, 0.25) is 0 Å². The van der Waals surface area contributed by atoms with Crippen LogP contribution in [0.3, 0.4) is 0 Å². The Morgan fingerprint density at radius 2 is 1.88 bits per heavy atom. The van der Waals surface area contributed by atoms with Crippen LogP contribution in [0, 0.1) is 0 Å². The molecular formula is C13H21N3O. The van der Waals surface area contributed by atoms with Gasteiger partial charge in [-0.2, -0.15) is 0 Å². The SMILES string of the molecule is COC1(c2ncc(CCN)cn2)CCCCC1. The Labute approximate surface area is 103 Å². The van der Waals surface area contributed by atoms with Crippen LogP contribution in [0.5, 0.6) is 0 Å². The first-order valence-electron chi connectivity index (χ1n) is 6.37. The molecule has 2 rings (SSSR count). The van der Waals surface area contributed by atoms with Crippen molar-refractivity contribution in [2.24, 2.45) is 5.73 Å². The fourth-order valence-electron chi connectivity index (χ4n) is 2.53. The molecule has 17 heavy (non-hydrogen) atoms. The van der Waals surface area contributed by atoms with E-state index in [9.17, 15) is 0 Å². The van der Waals surface area contributed by atoms with Crippen molar-refractivity contribution in [3.63, 3.8) is 0 Å². The molecule has 0 saturated heterocycles. The first kappa shape index (κ1) is 12.5. The number of aromatic nitrogens is 2. The van der Waals surface area contributed by atoms with E-state index in [1.807, 2.05) is 12.4 Å². The summed E-state index contributed by atoms with van der Waals surface area (Å²) in [6, 6.07) is 0. The van der Waals surface area contributed by atoms with Crippen LogP contribution < -0.4 is 5.73 Å². The van der Waals surface area contributed by atoms with E-state index in [0.29, 0.717) is 6.54 Å². The summed E-state index contributed by atoms with van der Waals surface area (Å²) in [7, 11) is 1.77. The summed E-state index contributed by atoms with van der Waals surface area (Å²) in [6.07, 6.45) is 10.3. The molecule has 0 radical (unpaired) electrons. The molecule has 0 atom stereocenters. The lowest BCUT2D eigenvalue weighted by molar-refractivity contribution is -0.0515. The van der Waals surface area contributed by atoms with Gasteiger partial charge in [0.25, 0.3) is 0 Å². The van der Waals surface area contributed by atoms with Gasteiger partial charge in [-0.3, -0.25) is 0 Å². The van der Waals surface area contributed by atoms with E-state index in [1.54, 1.807) is 7.11 Å². The highest BCUT2D eigenvalue weighted by Crippen LogP contribution is 2.37. The van der Waals surface area contributed by atoms with Crippen molar-refractivity contribution in [2.75, 3.05) is 13.7 Å². The lowest BCUT2D eigenvalue weighted by atomic mass is 9.84. The van der Waals surface area contributed by atoms with Crippen molar-refractivity contribution in [1.82, 2.24) is 9.97 Å². The van der Waals surface area contributed by atoms with E-state index in [4.69, 9.17) is 10.5 Å². The molecule has 2 N–H and O–H groups in total. The van der Waals surface area contributed by atoms with Crippen LogP contribution in [-0.4, -0.2) is 23.6 Å². The summed E-state index contributed by atoms with van der Waals surface area (Å²) in [5, 5.41) is 0. The highest BCUT2D eigenvalue weighted by molar-refractivity contribution is 5.10. The van der Waals surface area contributed by atoms with Crippen LogP contribution in [-0.2, 0) is 16.8 Å². The number of ether oxygens (including phenoxy) is 1. The molecule has 0 unspecified atom stereocenters. The minimum Gasteiger partial charge on any atom is -0.370 e. The fourth-order valence-corrected chi connectivity index (χ4v) is 2.53. The van der Waals surface area contributed by atoms with Crippen molar-refractivity contribution in [2.45, 2.75) is 44.1 Å². The third-order valence-electron chi connectivity index (χ3n) is 3.60. The molecule has 1 aromatic heterocycles. The Morgan fingerprint density at radius 1 is 1.24 bits per heavy atom. The highest BCUT2D eigenvalue weighted by atomic mass is 16.5. The molecule has 1 saturated carbocycles. The van der Waals surface area contributed by atoms with Crippen LogP contribution >= 0.6 is 0 Å². The highest BCUT2D eigenvalue weighted by Gasteiger charge is 2.36. The van der Waals surface area contributed by atoms with Crippen molar-refractivity contribution in [1.29, 1.82) is 0 Å². The molecule has 1 fully saturated rings. The number of hydrogen-bond donors (Lipinski definition) is 1. The van der Waals surface area contributed by atoms with Crippen molar-refractivity contribution in [3.05, 3.63) is 23.8 Å². The monoisotopic (exact) mass is 235 g/mol. The summed E-state index contributed by atoms with van der Waals surface area (Å²) < 4.78 is 5.71. The van der Waals surface area contributed by atoms with Gasteiger partial charge in [-0.1, -0.05) is 19.3 Å². The van der Waals surface area contributed by atoms with Crippen LogP contribution in [0.4, 0.5) is 0 Å². The van der Waals surface area contributed by atoms with Gasteiger partial charge < -0.3 is 10.5 Å². The summed E-state index contributed by atoms with van der Waals surface area (Å²) in [6.45, 7) is 0.637. The predicted molar refractivity (Wildman–Crippen MR) is 66.6 cm³/mol. The zero-order valence-corrected chi connectivity index (χ0v) is 10.5. The third-order valence-corrected chi connectivity index (χ3v) is 3.60. The Bertz CT molecular complexity index is 344. The Hall–Kier alpha value is -1.00. The zero-order chi connectivity index (χ0) is 12.1. The smallest absolute Gasteiger partial charge is 0.160 e. The van der Waals surface area contributed by atoms with Gasteiger partial charge in [0, 0.05) is 19.5 Å². The number of nitrogens with two attached hydrogens (primary N) is 1. The molecule has 0 aliphatic heterocycles. The lowest BCUT2D eigenvalue weighted by Gasteiger charge is -2.34. The fraction of sp³-hybridized carbons (Fsp3) is 0.692. The van der Waals surface area contributed by atoms with Crippen LogP contribution in [0.25, 0.3) is 0 Å². The second-order valence-electron chi connectivity index (χ2n) is 4.71. The standard InChI is InChI=1S/C13H21N3O/c1-17-13(6-3-2-4-7-13)12-15-9-11(5-8-14)10-16-12/h9-10H,2-8,14H2,1H3. The average molecular weight is 235 g/mol. The first-order valence-corrected chi connectivity index (χ1v) is 6.37. The molecule has 0 spiro atoms. The summed E-state index contributed by atoms with van der Waals surface area (Å²) >= 11 is 0. The maximum atomic E-state index is 5.71. The zero-order valence-electron chi connectivity index (χ0n) is 10.5. The quantitative estimate of drug-likeness (QED) is 0.864. The summed E-state index contributed by atoms with van der Waals surface area (Å²) in [5.41, 5.74) is 6.36. The number of nitrogens with zero attached hydrogens (tertiary/aromatic N) is 2. The second kappa shape index (κ2) is 5.56. The van der Waals surface area contributed by atoms with E-state index in [-0.39, 0.29) is 5.60 Å². The largest absolute Gasteiger partial charge is 0.370 e. The van der Waals surface area contributed by atoms with E-state index in [2.05, 4.69) is 9.97 Å². The summed E-state index contributed by atoms with van der Waals surface area (Å²) in [5.74, 6) is 0.834. The summed E-state index contributed by atoms with van der Waals surface area (Å²) in [4.78, 5) is 8.94. The molecule has 1 aliphatic carbocycles. The van der Waals surface area contributed by atoms with Crippen LogP contribution in [0.15, 0.2) is 12.4 Å². The molecule has 1 heterocycles. The minimum atomic E-state index is -0.251. The van der Waals surface area contributed by atoms with E-state index >= 15 is 0 Å². The minimum absolute atomic E-state index is 0.251. The van der Waals surface area contributed by atoms with Gasteiger partial charge in [-0.05, 0) is 31.4 Å². The van der Waals surface area contributed by atoms with Crippen LogP contribution in [0.1, 0.15) is 43.5 Å². The maximum Gasteiger partial charge on any atom is 0.160 e. The second-order valence-corrected chi connectivity index (χ2v) is 4.71. The first-order chi connectivity index (χ1) is 8.30. The van der Waals surface area contributed by atoms with Crippen molar-refractivity contribution >= 4 is 0 Å². The number of rotatable bonds is 4. The molecule has 4 nitrogen and oxygen atoms in total. The molecular weight excluding hydrogens is 214 g/mol. The molecule has 1 aliphatic rings. The van der Waals surface area contributed by atoms with Crippen LogP contribution in [0.2, 0.25) is 0 Å². The van der Waals surface area contributed by atoms with Gasteiger partial charge in [0.05, 0.1) is 0 Å². The molecule has 94 valence electrons. The van der Waals surface area contributed by atoms with Crippen molar-refractivity contribution in [3.8, 4) is 0 Å². The van der Waals surface area contributed by atoms with Gasteiger partial charge >= 0.3 is 0 Å². The number of methoxy groups -OCH3 is 1. The van der Waals surface area contributed by atoms with Gasteiger partial charge in [-0.15, -0.1) is 0 Å². The maximum absolute atomic E-state index is 5.71. The lowest BCUT2D eigenvalue weighted by Crippen LogP contribution is -2.33. The van der Waals surface area contributed by atoms with E-state index in [1.165, 1.54) is 19.3 Å². The molecule has 0 bridgehead atoms. The van der Waals surface area contributed by atoms with Gasteiger partial charge in [0.15, 0.2) is 5.82 Å². The molecule has 4 heteroatoms. The normalized spacial score (nSPS) is 19.2. The van der Waals surface area contributed by atoms with Crippen molar-refractivity contribution < 1.29 is 4.74 Å². The molecule has 0 aromatic carbocycles. The average Bonchev–Trinajstić information content (AvgIpc) is 2.41. The van der Waals surface area contributed by atoms with E-state index < -0.39 is 0 Å². The molecule has 1 aromatic rings. The Balaban J connectivity index is 2.18. The van der Waals surface area contributed by atoms with Gasteiger partial charge in [-0.25, -0.2) is 9.97 Å². The predicted octanol–water partition coefficient (Wildman–Crippen LogP) is 1.78. The number of hydrogen-bond acceptors (Lipinski definition) is 4. The Kier molecular flexibility index (Phi) is 4.07. The van der Waals surface area contributed by atoms with E-state index in [0.717, 1.165) is 30.7 Å². The topological polar surface area (TPSA) is 61.0 Å². The third kappa shape index (κ3) is 2.64. The Morgan fingerprint density at radius 3 is 2.41 bits per heavy atom. The van der Waals surface area contributed by atoms with Gasteiger partial charge in [0.1, 0.15) is 5.60 Å².